The maximum absolute atomic E-state index is 12.7. The van der Waals surface area contributed by atoms with Gasteiger partial charge in [0.05, 0.1) is 15.6 Å². The Balaban J connectivity index is 2.19. The van der Waals surface area contributed by atoms with Crippen LogP contribution in [0.5, 0.6) is 11.5 Å². The van der Waals surface area contributed by atoms with E-state index in [4.69, 9.17) is 38.5 Å². The standard InChI is InChI=1S/C17H8Cl2F3N3O/c18-14-5-11(17(20,21)22)6-15(19)16(14)26-13-3-1-12(2-4-13)25-9-10(7-23)8-24/h1-6,9,25H. The molecule has 26 heavy (non-hydrogen) atoms. The number of benzene rings is 2. The summed E-state index contributed by atoms with van der Waals surface area (Å²) in [6.07, 6.45) is -3.34. The zero-order chi connectivity index (χ0) is 19.3. The van der Waals surface area contributed by atoms with Gasteiger partial charge in [-0.05, 0) is 36.4 Å². The lowest BCUT2D eigenvalue weighted by Gasteiger charge is -2.13. The number of alkyl halides is 3. The SMILES string of the molecule is N#CC(C#N)=CNc1ccc(Oc2c(Cl)cc(C(F)(F)F)cc2Cl)cc1. The van der Waals surface area contributed by atoms with Crippen molar-refractivity contribution < 1.29 is 17.9 Å². The minimum Gasteiger partial charge on any atom is -0.454 e. The van der Waals surface area contributed by atoms with Gasteiger partial charge < -0.3 is 10.1 Å². The molecular formula is C17H8Cl2F3N3O. The molecule has 0 saturated carbocycles. The zero-order valence-corrected chi connectivity index (χ0v) is 14.2. The summed E-state index contributed by atoms with van der Waals surface area (Å²) in [5.41, 5.74) is -0.518. The van der Waals surface area contributed by atoms with E-state index in [2.05, 4.69) is 5.32 Å². The lowest BCUT2D eigenvalue weighted by atomic mass is 10.2. The summed E-state index contributed by atoms with van der Waals surface area (Å²) < 4.78 is 43.6. The summed E-state index contributed by atoms with van der Waals surface area (Å²) in [4.78, 5) is 0. The number of ether oxygens (including phenoxy) is 1. The average Bonchev–Trinajstić information content (AvgIpc) is 2.59. The van der Waals surface area contributed by atoms with Crippen LogP contribution in [0.3, 0.4) is 0 Å². The Hall–Kier alpha value is -2.87. The van der Waals surface area contributed by atoms with Gasteiger partial charge in [0.15, 0.2) is 5.75 Å². The largest absolute Gasteiger partial charge is 0.454 e. The second kappa shape index (κ2) is 8.01. The van der Waals surface area contributed by atoms with E-state index in [0.29, 0.717) is 5.69 Å². The first kappa shape index (κ1) is 19.5. The number of nitrogens with zero attached hydrogens (tertiary/aromatic N) is 2. The number of nitriles is 2. The van der Waals surface area contributed by atoms with E-state index < -0.39 is 11.7 Å². The highest BCUT2D eigenvalue weighted by Crippen LogP contribution is 2.41. The molecule has 2 rings (SSSR count). The molecule has 9 heteroatoms. The highest BCUT2D eigenvalue weighted by molar-refractivity contribution is 6.37. The molecule has 1 N–H and O–H groups in total. The fourth-order valence-corrected chi connectivity index (χ4v) is 2.37. The fourth-order valence-electron chi connectivity index (χ4n) is 1.80. The molecule has 2 aromatic rings. The van der Waals surface area contributed by atoms with Gasteiger partial charge in [0.1, 0.15) is 23.5 Å². The topological polar surface area (TPSA) is 68.8 Å². The molecule has 0 heterocycles. The van der Waals surface area contributed by atoms with Gasteiger partial charge >= 0.3 is 6.18 Å². The van der Waals surface area contributed by atoms with Crippen molar-refractivity contribution in [1.29, 1.82) is 10.5 Å². The number of rotatable bonds is 4. The Morgan fingerprint density at radius 1 is 1.04 bits per heavy atom. The van der Waals surface area contributed by atoms with E-state index >= 15 is 0 Å². The summed E-state index contributed by atoms with van der Waals surface area (Å²) in [7, 11) is 0. The molecule has 0 radical (unpaired) electrons. The van der Waals surface area contributed by atoms with Crippen LogP contribution in [0, 0.1) is 22.7 Å². The molecule has 0 bridgehead atoms. The first-order valence-electron chi connectivity index (χ1n) is 6.85. The number of allylic oxidation sites excluding steroid dienone is 1. The molecular weight excluding hydrogens is 390 g/mol. The molecule has 0 amide bonds. The Labute approximate surface area is 156 Å². The lowest BCUT2D eigenvalue weighted by molar-refractivity contribution is -0.137. The van der Waals surface area contributed by atoms with Crippen LogP contribution in [0.25, 0.3) is 0 Å². The van der Waals surface area contributed by atoms with E-state index in [1.807, 2.05) is 0 Å². The zero-order valence-electron chi connectivity index (χ0n) is 12.7. The van der Waals surface area contributed by atoms with Gasteiger partial charge in [-0.2, -0.15) is 23.7 Å². The van der Waals surface area contributed by atoms with Crippen LogP contribution >= 0.6 is 23.2 Å². The minimum atomic E-state index is -4.57. The van der Waals surface area contributed by atoms with E-state index in [1.54, 1.807) is 24.3 Å². The maximum atomic E-state index is 12.7. The lowest BCUT2D eigenvalue weighted by Crippen LogP contribution is -2.05. The van der Waals surface area contributed by atoms with Crippen molar-refractivity contribution in [1.82, 2.24) is 0 Å². The summed E-state index contributed by atoms with van der Waals surface area (Å²) in [5, 5.41) is 19.5. The maximum Gasteiger partial charge on any atom is 0.416 e. The van der Waals surface area contributed by atoms with Crippen LogP contribution < -0.4 is 10.1 Å². The molecule has 0 aliphatic carbocycles. The van der Waals surface area contributed by atoms with Crippen molar-refractivity contribution in [3.05, 3.63) is 63.8 Å². The Bertz CT molecular complexity index is 887. The average molecular weight is 398 g/mol. The van der Waals surface area contributed by atoms with E-state index in [1.165, 1.54) is 18.3 Å². The van der Waals surface area contributed by atoms with Crippen LogP contribution in [0.4, 0.5) is 18.9 Å². The molecule has 0 aliphatic heterocycles. The number of anilines is 1. The van der Waals surface area contributed by atoms with Gasteiger partial charge in [0, 0.05) is 11.9 Å². The van der Waals surface area contributed by atoms with Gasteiger partial charge in [-0.25, -0.2) is 0 Å². The van der Waals surface area contributed by atoms with E-state index in [9.17, 15) is 13.2 Å². The number of hydrogen-bond acceptors (Lipinski definition) is 4. The summed E-state index contributed by atoms with van der Waals surface area (Å²) >= 11 is 11.7. The Morgan fingerprint density at radius 2 is 1.58 bits per heavy atom. The second-order valence-electron chi connectivity index (χ2n) is 4.82. The third-order valence-corrected chi connectivity index (χ3v) is 3.59. The highest BCUT2D eigenvalue weighted by atomic mass is 35.5. The monoisotopic (exact) mass is 397 g/mol. The summed E-state index contributed by atoms with van der Waals surface area (Å²) in [6, 6.07) is 11.0. The molecule has 4 nitrogen and oxygen atoms in total. The van der Waals surface area contributed by atoms with Crippen LogP contribution in [0.1, 0.15) is 5.56 Å². The third kappa shape index (κ3) is 4.82. The predicted octanol–water partition coefficient (Wildman–Crippen LogP) is 6.15. The second-order valence-corrected chi connectivity index (χ2v) is 5.63. The highest BCUT2D eigenvalue weighted by Gasteiger charge is 2.32. The Morgan fingerprint density at radius 3 is 2.04 bits per heavy atom. The van der Waals surface area contributed by atoms with E-state index in [0.717, 1.165) is 12.1 Å². The predicted molar refractivity (Wildman–Crippen MR) is 90.9 cm³/mol. The number of nitrogens with one attached hydrogen (secondary N) is 1. The molecule has 0 saturated heterocycles. The van der Waals surface area contributed by atoms with Gasteiger partial charge in [-0.1, -0.05) is 23.2 Å². The fraction of sp³-hybridized carbons (Fsp3) is 0.0588. The first-order chi connectivity index (χ1) is 12.2. The normalized spacial score (nSPS) is 10.4. The molecule has 0 spiro atoms. The molecule has 0 atom stereocenters. The van der Waals surface area contributed by atoms with Gasteiger partial charge in [0.25, 0.3) is 0 Å². The van der Waals surface area contributed by atoms with Crippen molar-refractivity contribution >= 4 is 28.9 Å². The Kier molecular flexibility index (Phi) is 5.99. The molecule has 0 fully saturated rings. The van der Waals surface area contributed by atoms with Gasteiger partial charge in [-0.3, -0.25) is 0 Å². The molecule has 2 aromatic carbocycles. The van der Waals surface area contributed by atoms with Crippen molar-refractivity contribution in [2.24, 2.45) is 0 Å². The van der Waals surface area contributed by atoms with Crippen LogP contribution in [0.15, 0.2) is 48.2 Å². The van der Waals surface area contributed by atoms with E-state index in [-0.39, 0.29) is 27.1 Å². The third-order valence-electron chi connectivity index (χ3n) is 3.02. The van der Waals surface area contributed by atoms with Crippen molar-refractivity contribution in [2.45, 2.75) is 6.18 Å². The molecule has 0 aromatic heterocycles. The first-order valence-corrected chi connectivity index (χ1v) is 7.61. The van der Waals surface area contributed by atoms with Crippen molar-refractivity contribution in [3.8, 4) is 23.6 Å². The van der Waals surface area contributed by atoms with Crippen molar-refractivity contribution in [3.63, 3.8) is 0 Å². The van der Waals surface area contributed by atoms with Crippen LogP contribution in [0.2, 0.25) is 10.0 Å². The quantitative estimate of drug-likeness (QED) is 0.628. The number of hydrogen-bond donors (Lipinski definition) is 1. The van der Waals surface area contributed by atoms with Crippen molar-refractivity contribution in [2.75, 3.05) is 5.32 Å². The molecule has 0 aliphatic rings. The van der Waals surface area contributed by atoms with Crippen LogP contribution in [-0.4, -0.2) is 0 Å². The summed E-state index contributed by atoms with van der Waals surface area (Å²) in [6.45, 7) is 0. The molecule has 132 valence electrons. The minimum absolute atomic E-state index is 0.0989. The smallest absolute Gasteiger partial charge is 0.416 e. The van der Waals surface area contributed by atoms with Crippen LogP contribution in [-0.2, 0) is 6.18 Å². The van der Waals surface area contributed by atoms with Gasteiger partial charge in [-0.15, -0.1) is 0 Å². The molecule has 0 unspecified atom stereocenters. The number of halogens is 5. The van der Waals surface area contributed by atoms with Gasteiger partial charge in [0.2, 0.25) is 0 Å². The summed E-state index contributed by atoms with van der Waals surface area (Å²) in [5.74, 6) is 0.182.